The van der Waals surface area contributed by atoms with E-state index in [1.54, 1.807) is 12.1 Å². The highest BCUT2D eigenvalue weighted by Crippen LogP contribution is 2.20. The van der Waals surface area contributed by atoms with Crippen LogP contribution in [0, 0.1) is 0 Å². The third kappa shape index (κ3) is 4.78. The molecule has 1 aromatic carbocycles. The molecular weight excluding hydrogens is 378 g/mol. The molecular formula is C19H27N5O3S. The summed E-state index contributed by atoms with van der Waals surface area (Å²) in [6.07, 6.45) is 4.71. The molecule has 0 atom stereocenters. The van der Waals surface area contributed by atoms with E-state index in [1.165, 1.54) is 23.4 Å². The van der Waals surface area contributed by atoms with Gasteiger partial charge in [-0.25, -0.2) is 13.4 Å². The Labute approximate surface area is 166 Å². The third-order valence-corrected chi connectivity index (χ3v) is 6.83. The van der Waals surface area contributed by atoms with Crippen LogP contribution in [0.1, 0.15) is 19.7 Å². The van der Waals surface area contributed by atoms with Crippen molar-refractivity contribution in [3.63, 3.8) is 0 Å². The van der Waals surface area contributed by atoms with Crippen LogP contribution in [0.25, 0.3) is 0 Å². The lowest BCUT2D eigenvalue weighted by molar-refractivity contribution is -0.114. The molecule has 28 heavy (non-hydrogen) atoms. The van der Waals surface area contributed by atoms with E-state index in [1.807, 2.05) is 12.4 Å². The van der Waals surface area contributed by atoms with Crippen LogP contribution in [0.15, 0.2) is 41.6 Å². The second-order valence-corrected chi connectivity index (χ2v) is 8.78. The van der Waals surface area contributed by atoms with Crippen LogP contribution < -0.4 is 5.32 Å². The maximum Gasteiger partial charge on any atom is 0.243 e. The highest BCUT2D eigenvalue weighted by atomic mass is 32.2. The molecule has 0 saturated carbocycles. The first-order valence-electron chi connectivity index (χ1n) is 9.50. The number of carbonyl (C=O) groups excluding carboxylic acids is 1. The van der Waals surface area contributed by atoms with E-state index in [4.69, 9.17) is 0 Å². The van der Waals surface area contributed by atoms with Gasteiger partial charge >= 0.3 is 0 Å². The molecule has 1 aliphatic heterocycles. The molecule has 1 amide bonds. The minimum atomic E-state index is -3.52. The molecule has 2 heterocycles. The number of amides is 1. The van der Waals surface area contributed by atoms with Gasteiger partial charge in [0, 0.05) is 70.7 Å². The molecule has 0 radical (unpaired) electrons. The Morgan fingerprint density at radius 2 is 1.79 bits per heavy atom. The summed E-state index contributed by atoms with van der Waals surface area (Å²) in [6, 6.07) is 6.30. The number of piperazine rings is 1. The predicted octanol–water partition coefficient (Wildman–Crippen LogP) is 1.41. The molecule has 1 fully saturated rings. The summed E-state index contributed by atoms with van der Waals surface area (Å²) in [5.41, 5.74) is 0.585. The minimum absolute atomic E-state index is 0.187. The van der Waals surface area contributed by atoms with Crippen molar-refractivity contribution in [3.05, 3.63) is 42.5 Å². The van der Waals surface area contributed by atoms with E-state index in [0.29, 0.717) is 31.9 Å². The number of hydrogen-bond donors (Lipinski definition) is 1. The van der Waals surface area contributed by atoms with Crippen LogP contribution in [0.5, 0.6) is 0 Å². The Bertz CT molecular complexity index is 900. The van der Waals surface area contributed by atoms with E-state index in [9.17, 15) is 13.2 Å². The first-order valence-corrected chi connectivity index (χ1v) is 10.9. The maximum absolute atomic E-state index is 12.9. The van der Waals surface area contributed by atoms with Crippen LogP contribution in [0.2, 0.25) is 0 Å². The first kappa shape index (κ1) is 20.5. The molecule has 1 saturated heterocycles. The number of imidazole rings is 1. The van der Waals surface area contributed by atoms with Crippen molar-refractivity contribution in [1.82, 2.24) is 18.8 Å². The third-order valence-electron chi connectivity index (χ3n) is 4.92. The summed E-state index contributed by atoms with van der Waals surface area (Å²) in [5, 5.41) is 2.64. The second kappa shape index (κ2) is 8.85. The molecule has 2 aromatic rings. The van der Waals surface area contributed by atoms with Gasteiger partial charge in [0.25, 0.3) is 0 Å². The zero-order chi connectivity index (χ0) is 20.1. The lowest BCUT2D eigenvalue weighted by atomic mass is 10.3. The van der Waals surface area contributed by atoms with Gasteiger partial charge in [0.2, 0.25) is 15.9 Å². The predicted molar refractivity (Wildman–Crippen MR) is 108 cm³/mol. The molecule has 152 valence electrons. The number of benzene rings is 1. The number of anilines is 1. The number of nitrogens with zero attached hydrogens (tertiary/aromatic N) is 4. The number of hydrogen-bond acceptors (Lipinski definition) is 5. The van der Waals surface area contributed by atoms with E-state index in [2.05, 4.69) is 26.7 Å². The molecule has 1 aliphatic rings. The minimum Gasteiger partial charge on any atom is -0.334 e. The van der Waals surface area contributed by atoms with Crippen molar-refractivity contribution in [1.29, 1.82) is 0 Å². The van der Waals surface area contributed by atoms with Crippen molar-refractivity contribution in [3.8, 4) is 0 Å². The Hall–Kier alpha value is -2.23. The van der Waals surface area contributed by atoms with Crippen molar-refractivity contribution >= 4 is 21.6 Å². The SMILES string of the molecule is CCc1nccn1CCN1CCN(S(=O)(=O)c2ccc(NC(C)=O)cc2)CC1. The highest BCUT2D eigenvalue weighted by molar-refractivity contribution is 7.89. The fourth-order valence-electron chi connectivity index (χ4n) is 3.36. The summed E-state index contributed by atoms with van der Waals surface area (Å²) in [7, 11) is -3.52. The maximum atomic E-state index is 12.9. The number of rotatable bonds is 7. The zero-order valence-electron chi connectivity index (χ0n) is 16.3. The first-order chi connectivity index (χ1) is 13.4. The molecule has 1 N–H and O–H groups in total. The van der Waals surface area contributed by atoms with E-state index in [0.717, 1.165) is 25.3 Å². The molecule has 0 aliphatic carbocycles. The fourth-order valence-corrected chi connectivity index (χ4v) is 4.79. The van der Waals surface area contributed by atoms with Crippen LogP contribution in [0.4, 0.5) is 5.69 Å². The van der Waals surface area contributed by atoms with Gasteiger partial charge < -0.3 is 9.88 Å². The summed E-state index contributed by atoms with van der Waals surface area (Å²) < 4.78 is 29.4. The van der Waals surface area contributed by atoms with Gasteiger partial charge in [0.15, 0.2) is 0 Å². The highest BCUT2D eigenvalue weighted by Gasteiger charge is 2.28. The van der Waals surface area contributed by atoms with Gasteiger partial charge in [-0.3, -0.25) is 9.69 Å². The largest absolute Gasteiger partial charge is 0.334 e. The Balaban J connectivity index is 1.55. The molecule has 8 nitrogen and oxygen atoms in total. The molecule has 0 spiro atoms. The topological polar surface area (TPSA) is 87.5 Å². The van der Waals surface area contributed by atoms with Gasteiger partial charge in [-0.05, 0) is 24.3 Å². The average molecular weight is 406 g/mol. The zero-order valence-corrected chi connectivity index (χ0v) is 17.2. The fraction of sp³-hybridized carbons (Fsp3) is 0.474. The Morgan fingerprint density at radius 3 is 2.39 bits per heavy atom. The van der Waals surface area contributed by atoms with Crippen LogP contribution in [-0.2, 0) is 27.8 Å². The standard InChI is InChI=1S/C19H27N5O3S/c1-3-19-20-8-9-23(19)13-10-22-11-14-24(15-12-22)28(26,27)18-6-4-17(5-7-18)21-16(2)25/h4-9H,3,10-15H2,1-2H3,(H,21,25). The average Bonchev–Trinajstić information content (AvgIpc) is 3.14. The molecule has 1 aromatic heterocycles. The second-order valence-electron chi connectivity index (χ2n) is 6.84. The van der Waals surface area contributed by atoms with E-state index < -0.39 is 10.0 Å². The molecule has 9 heteroatoms. The van der Waals surface area contributed by atoms with Gasteiger partial charge in [0.1, 0.15) is 5.82 Å². The van der Waals surface area contributed by atoms with Crippen molar-refractivity contribution in [2.75, 3.05) is 38.0 Å². The van der Waals surface area contributed by atoms with Crippen molar-refractivity contribution < 1.29 is 13.2 Å². The summed E-state index contributed by atoms with van der Waals surface area (Å²) in [4.78, 5) is 18.0. The van der Waals surface area contributed by atoms with Crippen LogP contribution in [0.3, 0.4) is 0 Å². The monoisotopic (exact) mass is 405 g/mol. The van der Waals surface area contributed by atoms with Crippen LogP contribution in [-0.4, -0.2) is 65.8 Å². The van der Waals surface area contributed by atoms with Gasteiger partial charge in [-0.2, -0.15) is 4.31 Å². The van der Waals surface area contributed by atoms with E-state index >= 15 is 0 Å². The normalized spacial score (nSPS) is 16.2. The van der Waals surface area contributed by atoms with Gasteiger partial charge in [-0.1, -0.05) is 6.92 Å². The number of nitrogens with one attached hydrogen (secondary N) is 1. The number of aromatic nitrogens is 2. The van der Waals surface area contributed by atoms with Crippen molar-refractivity contribution in [2.45, 2.75) is 31.7 Å². The molecule has 0 unspecified atom stereocenters. The van der Waals surface area contributed by atoms with Gasteiger partial charge in [0.05, 0.1) is 4.90 Å². The number of sulfonamides is 1. The summed E-state index contributed by atoms with van der Waals surface area (Å²) in [5.74, 6) is 0.886. The quantitative estimate of drug-likeness (QED) is 0.753. The van der Waals surface area contributed by atoms with Crippen LogP contribution >= 0.6 is 0 Å². The van der Waals surface area contributed by atoms with Crippen molar-refractivity contribution in [2.24, 2.45) is 0 Å². The summed E-state index contributed by atoms with van der Waals surface area (Å²) >= 11 is 0. The lowest BCUT2D eigenvalue weighted by Crippen LogP contribution is -2.49. The van der Waals surface area contributed by atoms with Gasteiger partial charge in [-0.15, -0.1) is 0 Å². The number of carbonyl (C=O) groups is 1. The lowest BCUT2D eigenvalue weighted by Gasteiger charge is -2.34. The number of aryl methyl sites for hydroxylation is 1. The summed E-state index contributed by atoms with van der Waals surface area (Å²) in [6.45, 7) is 7.60. The smallest absolute Gasteiger partial charge is 0.243 e. The molecule has 3 rings (SSSR count). The molecule has 0 bridgehead atoms. The Kier molecular flexibility index (Phi) is 6.48. The van der Waals surface area contributed by atoms with E-state index in [-0.39, 0.29) is 10.8 Å². The Morgan fingerprint density at radius 1 is 1.11 bits per heavy atom.